The molecule has 2 N–H and O–H groups in total. The first-order valence-corrected chi connectivity index (χ1v) is 5.28. The minimum Gasteiger partial charge on any atom is -0.306 e. The molecule has 2 amide bonds. The third-order valence-electron chi connectivity index (χ3n) is 2.41. The number of anilines is 1. The highest BCUT2D eigenvalue weighted by molar-refractivity contribution is 5.90. The number of nitrogens with zero attached hydrogens (tertiary/aromatic N) is 1. The molecule has 0 saturated heterocycles. The average Bonchev–Trinajstić information content (AvgIpc) is 2.22. The number of hydrogen-bond acceptors (Lipinski definition) is 2. The maximum Gasteiger partial charge on any atom is 0.345 e. The van der Waals surface area contributed by atoms with Crippen molar-refractivity contribution in [2.45, 2.75) is 33.7 Å². The number of nitrogens with one attached hydrogen (secondary N) is 1. The molecule has 16 heavy (non-hydrogen) atoms. The number of para-hydroxylation sites is 1. The maximum absolute atomic E-state index is 11.6. The van der Waals surface area contributed by atoms with Crippen molar-refractivity contribution in [2.75, 3.05) is 5.32 Å². The third kappa shape index (κ3) is 2.73. The summed E-state index contributed by atoms with van der Waals surface area (Å²) >= 11 is 0. The Bertz CT molecular complexity index is 368. The quantitative estimate of drug-likeness (QED) is 0.597. The van der Waals surface area contributed by atoms with Gasteiger partial charge in [-0.25, -0.2) is 9.86 Å². The Morgan fingerprint density at radius 3 is 2.25 bits per heavy atom. The highest BCUT2D eigenvalue weighted by atomic mass is 16.5. The van der Waals surface area contributed by atoms with E-state index < -0.39 is 6.03 Å². The average molecular weight is 222 g/mol. The molecule has 0 saturated carbocycles. The molecular weight excluding hydrogens is 204 g/mol. The van der Waals surface area contributed by atoms with Gasteiger partial charge in [-0.15, -0.1) is 0 Å². The van der Waals surface area contributed by atoms with Crippen molar-refractivity contribution in [3.8, 4) is 0 Å². The van der Waals surface area contributed by atoms with Crippen molar-refractivity contribution in [3.63, 3.8) is 0 Å². The lowest BCUT2D eigenvalue weighted by molar-refractivity contribution is -0.0622. The van der Waals surface area contributed by atoms with E-state index in [0.29, 0.717) is 5.06 Å². The first-order valence-electron chi connectivity index (χ1n) is 5.28. The molecule has 4 heteroatoms. The molecule has 0 aromatic heterocycles. The Balaban J connectivity index is 2.85. The van der Waals surface area contributed by atoms with Crippen LogP contribution >= 0.6 is 0 Å². The van der Waals surface area contributed by atoms with E-state index in [0.717, 1.165) is 16.8 Å². The van der Waals surface area contributed by atoms with E-state index >= 15 is 0 Å². The second kappa shape index (κ2) is 4.99. The predicted octanol–water partition coefficient (Wildman–Crippen LogP) is 2.93. The van der Waals surface area contributed by atoms with Gasteiger partial charge >= 0.3 is 6.03 Å². The number of urea groups is 1. The normalized spacial score (nSPS) is 10.4. The fourth-order valence-electron chi connectivity index (χ4n) is 1.41. The van der Waals surface area contributed by atoms with Crippen LogP contribution in [0.5, 0.6) is 0 Å². The Hall–Kier alpha value is -1.55. The summed E-state index contributed by atoms with van der Waals surface area (Å²) < 4.78 is 0. The number of carbonyl (C=O) groups is 1. The predicted molar refractivity (Wildman–Crippen MR) is 63.7 cm³/mol. The van der Waals surface area contributed by atoms with Gasteiger partial charge in [0.2, 0.25) is 0 Å². The van der Waals surface area contributed by atoms with Gasteiger partial charge in [0.25, 0.3) is 0 Å². The van der Waals surface area contributed by atoms with Crippen molar-refractivity contribution in [3.05, 3.63) is 29.3 Å². The van der Waals surface area contributed by atoms with Gasteiger partial charge in [0.05, 0.1) is 6.04 Å². The number of benzene rings is 1. The summed E-state index contributed by atoms with van der Waals surface area (Å²) in [5, 5.41) is 12.8. The second-order valence-electron chi connectivity index (χ2n) is 4.14. The zero-order valence-electron chi connectivity index (χ0n) is 10.1. The van der Waals surface area contributed by atoms with E-state index in [4.69, 9.17) is 0 Å². The van der Waals surface area contributed by atoms with Crippen molar-refractivity contribution in [1.82, 2.24) is 5.06 Å². The van der Waals surface area contributed by atoms with Crippen LogP contribution in [-0.2, 0) is 0 Å². The van der Waals surface area contributed by atoms with Crippen LogP contribution in [0.3, 0.4) is 0 Å². The lowest BCUT2D eigenvalue weighted by atomic mass is 10.1. The van der Waals surface area contributed by atoms with Crippen LogP contribution < -0.4 is 5.32 Å². The lowest BCUT2D eigenvalue weighted by Crippen LogP contribution is -2.37. The summed E-state index contributed by atoms with van der Waals surface area (Å²) in [6.45, 7) is 7.31. The standard InChI is InChI=1S/C12H18N2O2/c1-8(2)14(16)12(15)13-11-9(3)6-5-7-10(11)4/h5-8,16H,1-4H3,(H,13,15). The number of hydroxylamine groups is 2. The molecular formula is C12H18N2O2. The molecule has 1 aromatic carbocycles. The second-order valence-corrected chi connectivity index (χ2v) is 4.14. The zero-order valence-corrected chi connectivity index (χ0v) is 10.1. The third-order valence-corrected chi connectivity index (χ3v) is 2.41. The van der Waals surface area contributed by atoms with Gasteiger partial charge in [-0.1, -0.05) is 18.2 Å². The van der Waals surface area contributed by atoms with Crippen molar-refractivity contribution < 1.29 is 10.0 Å². The molecule has 0 radical (unpaired) electrons. The molecule has 88 valence electrons. The molecule has 1 rings (SSSR count). The highest BCUT2D eigenvalue weighted by Crippen LogP contribution is 2.19. The first kappa shape index (κ1) is 12.5. The number of amides is 2. The Morgan fingerprint density at radius 2 is 1.81 bits per heavy atom. The van der Waals surface area contributed by atoms with Crippen molar-refractivity contribution in [1.29, 1.82) is 0 Å². The Labute approximate surface area is 95.8 Å². The first-order chi connectivity index (χ1) is 7.43. The molecule has 0 spiro atoms. The molecule has 0 aliphatic carbocycles. The molecule has 0 fully saturated rings. The molecule has 0 aliphatic heterocycles. The minimum atomic E-state index is -0.507. The molecule has 0 aliphatic rings. The van der Waals surface area contributed by atoms with Gasteiger partial charge in [0.1, 0.15) is 0 Å². The van der Waals surface area contributed by atoms with Gasteiger partial charge in [0, 0.05) is 5.69 Å². The van der Waals surface area contributed by atoms with E-state index in [-0.39, 0.29) is 6.04 Å². The largest absolute Gasteiger partial charge is 0.345 e. The van der Waals surface area contributed by atoms with E-state index in [1.807, 2.05) is 32.0 Å². The molecule has 1 aromatic rings. The summed E-state index contributed by atoms with van der Waals surface area (Å²) in [4.78, 5) is 11.6. The zero-order chi connectivity index (χ0) is 12.3. The van der Waals surface area contributed by atoms with Crippen molar-refractivity contribution in [2.24, 2.45) is 0 Å². The van der Waals surface area contributed by atoms with Crippen LogP contribution in [0.2, 0.25) is 0 Å². The van der Waals surface area contributed by atoms with Gasteiger partial charge in [-0.05, 0) is 38.8 Å². The van der Waals surface area contributed by atoms with Crippen LogP contribution in [0.15, 0.2) is 18.2 Å². The van der Waals surface area contributed by atoms with Gasteiger partial charge in [-0.3, -0.25) is 5.21 Å². The summed E-state index contributed by atoms with van der Waals surface area (Å²) in [6, 6.07) is 5.01. The summed E-state index contributed by atoms with van der Waals surface area (Å²) in [5.41, 5.74) is 2.71. The van der Waals surface area contributed by atoms with Gasteiger partial charge < -0.3 is 5.32 Å². The lowest BCUT2D eigenvalue weighted by Gasteiger charge is -2.20. The van der Waals surface area contributed by atoms with Crippen LogP contribution in [0.25, 0.3) is 0 Å². The summed E-state index contributed by atoms with van der Waals surface area (Å²) in [5.74, 6) is 0. The Kier molecular flexibility index (Phi) is 3.90. The highest BCUT2D eigenvalue weighted by Gasteiger charge is 2.15. The minimum absolute atomic E-state index is 0.246. The van der Waals surface area contributed by atoms with Crippen LogP contribution in [0, 0.1) is 13.8 Å². The smallest absolute Gasteiger partial charge is 0.306 e. The number of hydrogen-bond donors (Lipinski definition) is 2. The molecule has 0 atom stereocenters. The van der Waals surface area contributed by atoms with Crippen molar-refractivity contribution >= 4 is 11.7 Å². The molecule has 0 unspecified atom stereocenters. The fourth-order valence-corrected chi connectivity index (χ4v) is 1.41. The SMILES string of the molecule is Cc1cccc(C)c1NC(=O)N(O)C(C)C. The van der Waals surface area contributed by atoms with Gasteiger partial charge in [0.15, 0.2) is 0 Å². The summed E-state index contributed by atoms with van der Waals surface area (Å²) in [7, 11) is 0. The molecule has 4 nitrogen and oxygen atoms in total. The fraction of sp³-hybridized carbons (Fsp3) is 0.417. The van der Waals surface area contributed by atoms with E-state index in [2.05, 4.69) is 5.32 Å². The van der Waals surface area contributed by atoms with Crippen LogP contribution in [0.4, 0.5) is 10.5 Å². The van der Waals surface area contributed by atoms with Crippen LogP contribution in [-0.4, -0.2) is 22.3 Å². The molecule has 0 bridgehead atoms. The Morgan fingerprint density at radius 1 is 1.31 bits per heavy atom. The number of aryl methyl sites for hydroxylation is 2. The van der Waals surface area contributed by atoms with E-state index in [1.165, 1.54) is 0 Å². The monoisotopic (exact) mass is 222 g/mol. The number of carbonyl (C=O) groups excluding carboxylic acids is 1. The van der Waals surface area contributed by atoms with Gasteiger partial charge in [-0.2, -0.15) is 0 Å². The van der Waals surface area contributed by atoms with E-state index in [1.54, 1.807) is 13.8 Å². The molecule has 0 heterocycles. The maximum atomic E-state index is 11.6. The van der Waals surface area contributed by atoms with E-state index in [9.17, 15) is 10.0 Å². The van der Waals surface area contributed by atoms with Crippen LogP contribution in [0.1, 0.15) is 25.0 Å². The summed E-state index contributed by atoms with van der Waals surface area (Å²) in [6.07, 6.45) is 0. The topological polar surface area (TPSA) is 52.6 Å². The number of rotatable bonds is 2.